The summed E-state index contributed by atoms with van der Waals surface area (Å²) >= 11 is 0. The van der Waals surface area contributed by atoms with Gasteiger partial charge in [-0.2, -0.15) is 0 Å². The van der Waals surface area contributed by atoms with E-state index in [4.69, 9.17) is 15.6 Å². The van der Waals surface area contributed by atoms with Crippen molar-refractivity contribution < 1.29 is 9.53 Å². The van der Waals surface area contributed by atoms with E-state index in [1.807, 2.05) is 12.1 Å². The molecule has 4 rings (SSSR count). The number of likely N-dealkylation sites (tertiary alicyclic amines) is 1. The highest BCUT2D eigenvalue weighted by Crippen LogP contribution is 2.29. The Bertz CT molecular complexity index is 1080. The summed E-state index contributed by atoms with van der Waals surface area (Å²) < 4.78 is 5.54. The minimum atomic E-state index is -0.293. The SMILES string of the molecule is COc1cc2c(cc1C(=O)Nc1cccc(C(=N)N3CCCCC3=N)n1)CN(C(C)C)CC2. The molecule has 0 unspecified atom stereocenters. The molecule has 0 bridgehead atoms. The average molecular weight is 449 g/mol. The topological polar surface area (TPSA) is 105 Å². The molecule has 2 aliphatic heterocycles. The van der Waals surface area contributed by atoms with Crippen molar-refractivity contribution in [3.63, 3.8) is 0 Å². The van der Waals surface area contributed by atoms with Crippen molar-refractivity contribution in [3.05, 3.63) is 52.7 Å². The number of anilines is 1. The molecule has 1 aromatic carbocycles. The molecule has 0 spiro atoms. The number of pyridine rings is 1. The number of fused-ring (bicyclic) bond motifs is 1. The van der Waals surface area contributed by atoms with Gasteiger partial charge in [-0.15, -0.1) is 0 Å². The highest BCUT2D eigenvalue weighted by Gasteiger charge is 2.24. The maximum atomic E-state index is 13.2. The van der Waals surface area contributed by atoms with Crippen molar-refractivity contribution in [2.24, 2.45) is 0 Å². The monoisotopic (exact) mass is 448 g/mol. The number of amides is 1. The largest absolute Gasteiger partial charge is 0.496 e. The molecule has 1 saturated heterocycles. The highest BCUT2D eigenvalue weighted by molar-refractivity contribution is 6.08. The van der Waals surface area contributed by atoms with Crippen LogP contribution >= 0.6 is 0 Å². The lowest BCUT2D eigenvalue weighted by molar-refractivity contribution is 0.102. The van der Waals surface area contributed by atoms with Crippen molar-refractivity contribution >= 4 is 23.4 Å². The minimum absolute atomic E-state index is 0.191. The van der Waals surface area contributed by atoms with E-state index in [2.05, 4.69) is 29.0 Å². The van der Waals surface area contributed by atoms with E-state index in [1.165, 1.54) is 5.56 Å². The number of carbonyl (C=O) groups is 1. The second-order valence-electron chi connectivity index (χ2n) is 8.90. The van der Waals surface area contributed by atoms with E-state index in [-0.39, 0.29) is 11.7 Å². The van der Waals surface area contributed by atoms with E-state index in [1.54, 1.807) is 30.2 Å². The molecule has 1 fully saturated rings. The number of methoxy groups -OCH3 is 1. The Kier molecular flexibility index (Phi) is 6.74. The number of hydrogen-bond acceptors (Lipinski definition) is 6. The summed E-state index contributed by atoms with van der Waals surface area (Å²) in [7, 11) is 1.58. The van der Waals surface area contributed by atoms with Crippen LogP contribution in [0.4, 0.5) is 5.82 Å². The molecule has 0 aliphatic carbocycles. The molecule has 2 aromatic rings. The highest BCUT2D eigenvalue weighted by atomic mass is 16.5. The molecule has 0 saturated carbocycles. The number of ether oxygens (including phenoxy) is 1. The van der Waals surface area contributed by atoms with Crippen LogP contribution in [0.3, 0.4) is 0 Å². The molecule has 3 heterocycles. The van der Waals surface area contributed by atoms with Gasteiger partial charge in [0.25, 0.3) is 5.91 Å². The van der Waals surface area contributed by atoms with Crippen LogP contribution < -0.4 is 10.1 Å². The van der Waals surface area contributed by atoms with E-state index >= 15 is 0 Å². The number of carbonyl (C=O) groups excluding carboxylic acids is 1. The third kappa shape index (κ3) is 4.90. The Morgan fingerprint density at radius 3 is 2.70 bits per heavy atom. The predicted octanol–water partition coefficient (Wildman–Crippen LogP) is 3.90. The predicted molar refractivity (Wildman–Crippen MR) is 130 cm³/mol. The summed E-state index contributed by atoms with van der Waals surface area (Å²) in [5.74, 6) is 1.26. The Balaban J connectivity index is 1.55. The Morgan fingerprint density at radius 2 is 1.97 bits per heavy atom. The first kappa shape index (κ1) is 22.9. The van der Waals surface area contributed by atoms with Crippen LogP contribution in [-0.4, -0.2) is 58.6 Å². The fourth-order valence-corrected chi connectivity index (χ4v) is 4.43. The van der Waals surface area contributed by atoms with Gasteiger partial charge in [-0.3, -0.25) is 20.5 Å². The molecule has 0 atom stereocenters. The van der Waals surface area contributed by atoms with Crippen molar-refractivity contribution in [1.82, 2.24) is 14.8 Å². The van der Waals surface area contributed by atoms with Crippen LogP contribution in [0.5, 0.6) is 5.75 Å². The zero-order valence-corrected chi connectivity index (χ0v) is 19.6. The fraction of sp³-hybridized carbons (Fsp3) is 0.440. The van der Waals surface area contributed by atoms with Gasteiger partial charge in [0, 0.05) is 32.1 Å². The summed E-state index contributed by atoms with van der Waals surface area (Å²) in [5.41, 5.74) is 3.28. The number of nitrogens with zero attached hydrogens (tertiary/aromatic N) is 3. The first-order valence-corrected chi connectivity index (χ1v) is 11.5. The van der Waals surface area contributed by atoms with Gasteiger partial charge < -0.3 is 15.0 Å². The standard InChI is InChI=1S/C25H32N6O2/c1-16(2)30-12-10-17-14-21(33-3)19(13-18(17)15-30)25(32)29-23-9-6-7-20(28-23)24(27)31-11-5-4-8-22(31)26/h6-7,9,13-14,16,26-27H,4-5,8,10-12,15H2,1-3H3,(H,28,29,32). The molecular formula is C25H32N6O2. The van der Waals surface area contributed by atoms with Gasteiger partial charge in [-0.25, -0.2) is 4.98 Å². The number of piperidine rings is 1. The molecule has 8 nitrogen and oxygen atoms in total. The van der Waals surface area contributed by atoms with Crippen LogP contribution in [0.1, 0.15) is 60.3 Å². The minimum Gasteiger partial charge on any atom is -0.496 e. The molecule has 1 amide bonds. The second kappa shape index (κ2) is 9.70. The Labute approximate surface area is 195 Å². The van der Waals surface area contributed by atoms with Crippen LogP contribution in [0.15, 0.2) is 30.3 Å². The van der Waals surface area contributed by atoms with Gasteiger partial charge in [-0.1, -0.05) is 6.07 Å². The molecular weight excluding hydrogens is 416 g/mol. The fourth-order valence-electron chi connectivity index (χ4n) is 4.43. The number of nitrogens with one attached hydrogen (secondary N) is 3. The molecule has 2 aliphatic rings. The maximum Gasteiger partial charge on any atom is 0.260 e. The second-order valence-corrected chi connectivity index (χ2v) is 8.90. The van der Waals surface area contributed by atoms with Gasteiger partial charge in [0.05, 0.1) is 12.7 Å². The zero-order valence-electron chi connectivity index (χ0n) is 19.6. The quantitative estimate of drug-likeness (QED) is 0.475. The maximum absolute atomic E-state index is 13.2. The number of aromatic nitrogens is 1. The van der Waals surface area contributed by atoms with Crippen LogP contribution in [0, 0.1) is 10.8 Å². The number of hydrogen-bond donors (Lipinski definition) is 3. The Morgan fingerprint density at radius 1 is 1.15 bits per heavy atom. The summed E-state index contributed by atoms with van der Waals surface area (Å²) in [6, 6.07) is 9.57. The number of amidine groups is 2. The van der Waals surface area contributed by atoms with E-state index < -0.39 is 0 Å². The van der Waals surface area contributed by atoms with Gasteiger partial charge in [0.1, 0.15) is 23.1 Å². The molecule has 174 valence electrons. The smallest absolute Gasteiger partial charge is 0.260 e. The van der Waals surface area contributed by atoms with E-state index in [9.17, 15) is 4.79 Å². The van der Waals surface area contributed by atoms with Gasteiger partial charge in [0.15, 0.2) is 5.84 Å². The van der Waals surface area contributed by atoms with Crippen molar-refractivity contribution in [2.75, 3.05) is 25.5 Å². The molecule has 3 N–H and O–H groups in total. The first-order chi connectivity index (χ1) is 15.9. The van der Waals surface area contributed by atoms with Gasteiger partial charge >= 0.3 is 0 Å². The molecule has 0 radical (unpaired) electrons. The van der Waals surface area contributed by atoms with E-state index in [0.29, 0.717) is 47.7 Å². The lowest BCUT2D eigenvalue weighted by Crippen LogP contribution is -2.40. The number of rotatable bonds is 5. The third-order valence-electron chi connectivity index (χ3n) is 6.41. The normalized spacial score (nSPS) is 16.5. The lowest BCUT2D eigenvalue weighted by atomic mass is 9.95. The average Bonchev–Trinajstić information content (AvgIpc) is 2.82. The third-order valence-corrected chi connectivity index (χ3v) is 6.41. The summed E-state index contributed by atoms with van der Waals surface area (Å²) in [6.45, 7) is 6.82. The van der Waals surface area contributed by atoms with Crippen LogP contribution in [0.25, 0.3) is 0 Å². The lowest BCUT2D eigenvalue weighted by Gasteiger charge is -2.32. The van der Waals surface area contributed by atoms with Gasteiger partial charge in [0.2, 0.25) is 0 Å². The van der Waals surface area contributed by atoms with Gasteiger partial charge in [-0.05, 0) is 68.5 Å². The van der Waals surface area contributed by atoms with E-state index in [0.717, 1.165) is 37.9 Å². The summed E-state index contributed by atoms with van der Waals surface area (Å²) in [6.07, 6.45) is 3.53. The molecule has 1 aromatic heterocycles. The van der Waals surface area contributed by atoms with Crippen molar-refractivity contribution in [3.8, 4) is 5.75 Å². The van der Waals surface area contributed by atoms with Crippen LogP contribution in [-0.2, 0) is 13.0 Å². The summed E-state index contributed by atoms with van der Waals surface area (Å²) in [5, 5.41) is 19.5. The van der Waals surface area contributed by atoms with Crippen molar-refractivity contribution in [2.45, 2.75) is 52.1 Å². The van der Waals surface area contributed by atoms with Crippen molar-refractivity contribution in [1.29, 1.82) is 10.8 Å². The Hall–Kier alpha value is -3.26. The summed E-state index contributed by atoms with van der Waals surface area (Å²) in [4.78, 5) is 21.7. The number of benzene rings is 1. The van der Waals surface area contributed by atoms with Crippen LogP contribution in [0.2, 0.25) is 0 Å². The molecule has 33 heavy (non-hydrogen) atoms. The first-order valence-electron chi connectivity index (χ1n) is 11.5. The zero-order chi connectivity index (χ0) is 23.5. The molecule has 8 heteroatoms.